The topological polar surface area (TPSA) is 62.1 Å². The number of fused-ring (bicyclic) bond motifs is 1. The van der Waals surface area contributed by atoms with Gasteiger partial charge < -0.3 is 15.6 Å². The fourth-order valence-electron chi connectivity index (χ4n) is 2.90. The van der Waals surface area contributed by atoms with E-state index in [1.54, 1.807) is 4.90 Å². The maximum atomic E-state index is 12.5. The van der Waals surface area contributed by atoms with Crippen LogP contribution in [0.1, 0.15) is 32.3 Å². The number of para-hydroxylation sites is 1. The van der Waals surface area contributed by atoms with E-state index in [2.05, 4.69) is 24.9 Å². The molecule has 2 aromatic rings. The van der Waals surface area contributed by atoms with E-state index in [1.807, 2.05) is 31.4 Å². The van der Waals surface area contributed by atoms with E-state index in [4.69, 9.17) is 5.73 Å². The van der Waals surface area contributed by atoms with Gasteiger partial charge in [0.2, 0.25) is 5.91 Å². The van der Waals surface area contributed by atoms with Gasteiger partial charge >= 0.3 is 0 Å². The summed E-state index contributed by atoms with van der Waals surface area (Å²) in [7, 11) is 1.86. The van der Waals surface area contributed by atoms with Gasteiger partial charge in [0.15, 0.2) is 0 Å². The standard InChI is InChI=1S/C17H25N3O/c1-4-13(5-2)20(3)17(21)15(18)10-12-11-19-16-9-7-6-8-14(12)16/h6-9,11,13,15,19H,4-5,10,18H2,1-3H3/t15-/m0/s1. The van der Waals surface area contributed by atoms with Crippen molar-refractivity contribution in [3.05, 3.63) is 36.0 Å². The summed E-state index contributed by atoms with van der Waals surface area (Å²) >= 11 is 0. The first-order valence-corrected chi connectivity index (χ1v) is 7.65. The number of rotatable bonds is 6. The van der Waals surface area contributed by atoms with Crippen molar-refractivity contribution in [3.8, 4) is 0 Å². The van der Waals surface area contributed by atoms with Gasteiger partial charge in [-0.3, -0.25) is 4.79 Å². The Bertz CT molecular complexity index is 601. The lowest BCUT2D eigenvalue weighted by Gasteiger charge is -2.28. The maximum Gasteiger partial charge on any atom is 0.239 e. The monoisotopic (exact) mass is 287 g/mol. The number of H-pyrrole nitrogens is 1. The summed E-state index contributed by atoms with van der Waals surface area (Å²) in [6.07, 6.45) is 4.43. The molecule has 1 amide bonds. The van der Waals surface area contributed by atoms with Gasteiger partial charge in [-0.1, -0.05) is 32.0 Å². The zero-order chi connectivity index (χ0) is 15.4. The zero-order valence-electron chi connectivity index (χ0n) is 13.1. The highest BCUT2D eigenvalue weighted by Crippen LogP contribution is 2.19. The van der Waals surface area contributed by atoms with Crippen molar-refractivity contribution in [2.24, 2.45) is 5.73 Å². The van der Waals surface area contributed by atoms with Crippen LogP contribution in [0.4, 0.5) is 0 Å². The first kappa shape index (κ1) is 15.6. The summed E-state index contributed by atoms with van der Waals surface area (Å²) < 4.78 is 0. The van der Waals surface area contributed by atoms with Crippen LogP contribution in [0.15, 0.2) is 30.5 Å². The van der Waals surface area contributed by atoms with E-state index in [0.717, 1.165) is 29.3 Å². The van der Waals surface area contributed by atoms with Crippen molar-refractivity contribution in [2.45, 2.75) is 45.2 Å². The number of benzene rings is 1. The number of aromatic amines is 1. The molecule has 1 aromatic carbocycles. The van der Waals surface area contributed by atoms with Crippen LogP contribution in [-0.4, -0.2) is 34.9 Å². The third kappa shape index (κ3) is 3.27. The lowest BCUT2D eigenvalue weighted by molar-refractivity contribution is -0.133. The van der Waals surface area contributed by atoms with Crippen LogP contribution in [0, 0.1) is 0 Å². The summed E-state index contributed by atoms with van der Waals surface area (Å²) in [4.78, 5) is 17.5. The molecule has 0 saturated carbocycles. The van der Waals surface area contributed by atoms with Gasteiger partial charge in [0.25, 0.3) is 0 Å². The van der Waals surface area contributed by atoms with Crippen LogP contribution in [0.3, 0.4) is 0 Å². The Morgan fingerprint density at radius 1 is 1.29 bits per heavy atom. The third-order valence-corrected chi connectivity index (χ3v) is 4.27. The molecule has 0 bridgehead atoms. The lowest BCUT2D eigenvalue weighted by atomic mass is 10.0. The molecule has 4 nitrogen and oxygen atoms in total. The van der Waals surface area contributed by atoms with Gasteiger partial charge in [0.05, 0.1) is 6.04 Å². The van der Waals surface area contributed by atoms with Crippen LogP contribution >= 0.6 is 0 Å². The van der Waals surface area contributed by atoms with Crippen LogP contribution in [0.5, 0.6) is 0 Å². The highest BCUT2D eigenvalue weighted by atomic mass is 16.2. The van der Waals surface area contributed by atoms with Crippen LogP contribution in [0.2, 0.25) is 0 Å². The molecule has 21 heavy (non-hydrogen) atoms. The molecule has 0 unspecified atom stereocenters. The first-order chi connectivity index (χ1) is 10.1. The number of likely N-dealkylation sites (N-methyl/N-ethyl adjacent to an activating group) is 1. The van der Waals surface area contributed by atoms with Gasteiger partial charge in [-0.25, -0.2) is 0 Å². The minimum Gasteiger partial charge on any atom is -0.361 e. The third-order valence-electron chi connectivity index (χ3n) is 4.27. The lowest BCUT2D eigenvalue weighted by Crippen LogP contribution is -2.47. The molecule has 0 saturated heterocycles. The Morgan fingerprint density at radius 2 is 1.95 bits per heavy atom. The van der Waals surface area contributed by atoms with Crippen LogP contribution < -0.4 is 5.73 Å². The van der Waals surface area contributed by atoms with Crippen molar-refractivity contribution < 1.29 is 4.79 Å². The summed E-state index contributed by atoms with van der Waals surface area (Å²) in [5.41, 5.74) is 8.33. The fourth-order valence-corrected chi connectivity index (χ4v) is 2.90. The number of nitrogens with two attached hydrogens (primary N) is 1. The normalized spacial score (nSPS) is 12.8. The van der Waals surface area contributed by atoms with Crippen molar-refractivity contribution in [1.82, 2.24) is 9.88 Å². The van der Waals surface area contributed by atoms with E-state index >= 15 is 0 Å². The van der Waals surface area contributed by atoms with E-state index in [1.165, 1.54) is 0 Å². The number of carbonyl (C=O) groups is 1. The highest BCUT2D eigenvalue weighted by molar-refractivity contribution is 5.86. The molecule has 2 rings (SSSR count). The largest absolute Gasteiger partial charge is 0.361 e. The first-order valence-electron chi connectivity index (χ1n) is 7.65. The summed E-state index contributed by atoms with van der Waals surface area (Å²) in [6, 6.07) is 7.87. The minimum absolute atomic E-state index is 0.0222. The fraction of sp³-hybridized carbons (Fsp3) is 0.471. The maximum absolute atomic E-state index is 12.5. The highest BCUT2D eigenvalue weighted by Gasteiger charge is 2.23. The molecule has 1 aromatic heterocycles. The Kier molecular flexibility index (Phi) is 5.02. The van der Waals surface area contributed by atoms with E-state index in [0.29, 0.717) is 6.42 Å². The summed E-state index contributed by atoms with van der Waals surface area (Å²) in [5.74, 6) is 0.0222. The quantitative estimate of drug-likeness (QED) is 0.858. The predicted molar refractivity (Wildman–Crippen MR) is 87.1 cm³/mol. The average molecular weight is 287 g/mol. The van der Waals surface area contributed by atoms with Crippen molar-refractivity contribution >= 4 is 16.8 Å². The number of nitrogens with one attached hydrogen (secondary N) is 1. The van der Waals surface area contributed by atoms with E-state index in [-0.39, 0.29) is 11.9 Å². The number of carbonyl (C=O) groups excluding carboxylic acids is 1. The van der Waals surface area contributed by atoms with E-state index < -0.39 is 6.04 Å². The van der Waals surface area contributed by atoms with Crippen molar-refractivity contribution in [2.75, 3.05) is 7.05 Å². The number of hydrogen-bond acceptors (Lipinski definition) is 2. The minimum atomic E-state index is -0.491. The van der Waals surface area contributed by atoms with Crippen LogP contribution in [-0.2, 0) is 11.2 Å². The van der Waals surface area contributed by atoms with Gasteiger partial charge in [-0.2, -0.15) is 0 Å². The van der Waals surface area contributed by atoms with Gasteiger partial charge in [-0.15, -0.1) is 0 Å². The Hall–Kier alpha value is -1.81. The van der Waals surface area contributed by atoms with Crippen LogP contribution in [0.25, 0.3) is 10.9 Å². The van der Waals surface area contributed by atoms with Gasteiger partial charge in [-0.05, 0) is 30.9 Å². The summed E-state index contributed by atoms with van der Waals surface area (Å²) in [5, 5.41) is 1.14. The van der Waals surface area contributed by atoms with Gasteiger partial charge in [0.1, 0.15) is 0 Å². The SMILES string of the molecule is CCC(CC)N(C)C(=O)[C@@H](N)Cc1c[nH]c2ccccc12. The Labute approximate surface area is 126 Å². The molecule has 0 aliphatic carbocycles. The van der Waals surface area contributed by atoms with Crippen molar-refractivity contribution in [3.63, 3.8) is 0 Å². The molecule has 0 aliphatic heterocycles. The second-order valence-corrected chi connectivity index (χ2v) is 5.59. The summed E-state index contributed by atoms with van der Waals surface area (Å²) in [6.45, 7) is 4.20. The van der Waals surface area contributed by atoms with E-state index in [9.17, 15) is 4.79 Å². The number of amides is 1. The molecule has 1 heterocycles. The smallest absolute Gasteiger partial charge is 0.239 e. The Balaban J connectivity index is 2.10. The van der Waals surface area contributed by atoms with Crippen molar-refractivity contribution in [1.29, 1.82) is 0 Å². The average Bonchev–Trinajstić information content (AvgIpc) is 2.91. The molecule has 114 valence electrons. The molecule has 1 atom stereocenters. The molecule has 0 radical (unpaired) electrons. The molecular weight excluding hydrogens is 262 g/mol. The molecular formula is C17H25N3O. The molecule has 0 fully saturated rings. The second-order valence-electron chi connectivity index (χ2n) is 5.59. The zero-order valence-corrected chi connectivity index (χ0v) is 13.1. The number of aromatic nitrogens is 1. The molecule has 3 N–H and O–H groups in total. The Morgan fingerprint density at radius 3 is 2.62 bits per heavy atom. The second kappa shape index (κ2) is 6.76. The molecule has 4 heteroatoms. The predicted octanol–water partition coefficient (Wildman–Crippen LogP) is 2.68. The molecule has 0 aliphatic rings. The number of hydrogen-bond donors (Lipinski definition) is 2. The van der Waals surface area contributed by atoms with Gasteiger partial charge in [0, 0.05) is 30.2 Å². The number of nitrogens with zero attached hydrogens (tertiary/aromatic N) is 1. The molecule has 0 spiro atoms.